The molecule has 0 saturated heterocycles. The Balaban J connectivity index is 2.25. The predicted octanol–water partition coefficient (Wildman–Crippen LogP) is 2.56. The van der Waals surface area contributed by atoms with Gasteiger partial charge in [0.05, 0.1) is 13.2 Å². The molecule has 0 aromatic heterocycles. The predicted molar refractivity (Wildman–Crippen MR) is 46.7 cm³/mol. The van der Waals surface area contributed by atoms with E-state index in [1.165, 1.54) is 6.92 Å². The molecule has 0 heterocycles. The number of hydrogen-bond acceptors (Lipinski definition) is 1. The smallest absolute Gasteiger partial charge is 0.121 e. The molecule has 1 nitrogen and oxygen atoms in total. The van der Waals surface area contributed by atoms with E-state index in [4.69, 9.17) is 4.74 Å². The summed E-state index contributed by atoms with van der Waals surface area (Å²) < 4.78 is 17.4. The number of alkyl halides is 1. The highest BCUT2D eigenvalue weighted by Gasteiger charge is 1.97. The molecule has 1 aromatic rings. The fourth-order valence-corrected chi connectivity index (χ4v) is 0.913. The highest BCUT2D eigenvalue weighted by Crippen LogP contribution is 2.01. The molecule has 66 valence electrons. The van der Waals surface area contributed by atoms with Gasteiger partial charge in [0.25, 0.3) is 0 Å². The maximum atomic E-state index is 12.3. The second-order valence-electron chi connectivity index (χ2n) is 2.78. The molecule has 0 amide bonds. The number of ether oxygens (including phenoxy) is 1. The number of halogens is 1. The minimum absolute atomic E-state index is 0.175. The number of benzene rings is 1. The summed E-state index contributed by atoms with van der Waals surface area (Å²) in [5.74, 6) is 0. The Kier molecular flexibility index (Phi) is 3.74. The molecule has 0 aliphatic rings. The molecule has 0 aliphatic carbocycles. The Bertz CT molecular complexity index is 208. The van der Waals surface area contributed by atoms with Gasteiger partial charge in [0.2, 0.25) is 0 Å². The summed E-state index contributed by atoms with van der Waals surface area (Å²) in [5, 5.41) is 0. The average Bonchev–Trinajstić information content (AvgIpc) is 2.05. The monoisotopic (exact) mass is 168 g/mol. The van der Waals surface area contributed by atoms with Crippen LogP contribution in [0.25, 0.3) is 0 Å². The minimum Gasteiger partial charge on any atom is -0.374 e. The first kappa shape index (κ1) is 9.20. The summed E-state index contributed by atoms with van der Waals surface area (Å²) in [6.45, 7) is 2.16. The average molecular weight is 168 g/mol. The van der Waals surface area contributed by atoms with Gasteiger partial charge >= 0.3 is 0 Å². The second-order valence-corrected chi connectivity index (χ2v) is 2.78. The van der Waals surface area contributed by atoms with Crippen LogP contribution in [0.4, 0.5) is 4.39 Å². The van der Waals surface area contributed by atoms with Crippen LogP contribution in [0.15, 0.2) is 30.3 Å². The van der Waals surface area contributed by atoms with Crippen molar-refractivity contribution in [2.45, 2.75) is 19.7 Å². The molecular weight excluding hydrogens is 155 g/mol. The zero-order chi connectivity index (χ0) is 8.81. The standard InChI is InChI=1S/C10H13FO/c1-9(11)7-12-8-10-5-3-2-4-6-10/h2-6,9H,7-8H2,1H3. The van der Waals surface area contributed by atoms with Gasteiger partial charge in [-0.1, -0.05) is 30.3 Å². The number of hydrogen-bond donors (Lipinski definition) is 0. The van der Waals surface area contributed by atoms with Crippen LogP contribution in [-0.2, 0) is 11.3 Å². The van der Waals surface area contributed by atoms with Crippen LogP contribution < -0.4 is 0 Å². The lowest BCUT2D eigenvalue weighted by atomic mass is 10.2. The third kappa shape index (κ3) is 3.49. The Morgan fingerprint density at radius 1 is 1.33 bits per heavy atom. The maximum absolute atomic E-state index is 12.3. The third-order valence-electron chi connectivity index (χ3n) is 1.46. The second kappa shape index (κ2) is 4.88. The van der Waals surface area contributed by atoms with Crippen LogP contribution in [0.2, 0.25) is 0 Å². The molecule has 0 N–H and O–H groups in total. The first-order chi connectivity index (χ1) is 5.79. The summed E-state index contributed by atoms with van der Waals surface area (Å²) in [4.78, 5) is 0. The van der Waals surface area contributed by atoms with E-state index in [1.807, 2.05) is 30.3 Å². The van der Waals surface area contributed by atoms with Crippen molar-refractivity contribution in [3.05, 3.63) is 35.9 Å². The zero-order valence-corrected chi connectivity index (χ0v) is 7.16. The van der Waals surface area contributed by atoms with Crippen LogP contribution in [0.5, 0.6) is 0 Å². The van der Waals surface area contributed by atoms with Crippen LogP contribution in [0.1, 0.15) is 12.5 Å². The van der Waals surface area contributed by atoms with Crippen molar-refractivity contribution in [2.24, 2.45) is 0 Å². The van der Waals surface area contributed by atoms with E-state index < -0.39 is 6.17 Å². The van der Waals surface area contributed by atoms with E-state index in [0.29, 0.717) is 6.61 Å². The van der Waals surface area contributed by atoms with Gasteiger partial charge in [0, 0.05) is 0 Å². The van der Waals surface area contributed by atoms with E-state index in [9.17, 15) is 4.39 Å². The van der Waals surface area contributed by atoms with Gasteiger partial charge < -0.3 is 4.74 Å². The SMILES string of the molecule is CC(F)COCc1ccccc1. The van der Waals surface area contributed by atoms with E-state index in [1.54, 1.807) is 0 Å². The van der Waals surface area contributed by atoms with Crippen molar-refractivity contribution in [2.75, 3.05) is 6.61 Å². The molecule has 2 heteroatoms. The molecule has 1 rings (SSSR count). The molecule has 12 heavy (non-hydrogen) atoms. The van der Waals surface area contributed by atoms with E-state index >= 15 is 0 Å². The van der Waals surface area contributed by atoms with Crippen molar-refractivity contribution in [3.8, 4) is 0 Å². The van der Waals surface area contributed by atoms with E-state index in [-0.39, 0.29) is 6.61 Å². The van der Waals surface area contributed by atoms with Gasteiger partial charge in [-0.2, -0.15) is 0 Å². The van der Waals surface area contributed by atoms with E-state index in [2.05, 4.69) is 0 Å². The highest BCUT2D eigenvalue weighted by atomic mass is 19.1. The summed E-state index contributed by atoms with van der Waals surface area (Å²) >= 11 is 0. The minimum atomic E-state index is -0.881. The first-order valence-corrected chi connectivity index (χ1v) is 4.05. The van der Waals surface area contributed by atoms with E-state index in [0.717, 1.165) is 5.56 Å². The zero-order valence-electron chi connectivity index (χ0n) is 7.16. The number of rotatable bonds is 4. The van der Waals surface area contributed by atoms with Crippen LogP contribution >= 0.6 is 0 Å². The molecule has 0 bridgehead atoms. The van der Waals surface area contributed by atoms with Gasteiger partial charge in [-0.3, -0.25) is 0 Å². The normalized spacial score (nSPS) is 12.8. The molecule has 0 spiro atoms. The van der Waals surface area contributed by atoms with Gasteiger partial charge in [-0.05, 0) is 12.5 Å². The van der Waals surface area contributed by atoms with Gasteiger partial charge in [0.15, 0.2) is 0 Å². The molecule has 0 radical (unpaired) electrons. The van der Waals surface area contributed by atoms with Crippen molar-refractivity contribution >= 4 is 0 Å². The quantitative estimate of drug-likeness (QED) is 0.671. The van der Waals surface area contributed by atoms with Crippen molar-refractivity contribution in [3.63, 3.8) is 0 Å². The fourth-order valence-electron chi connectivity index (χ4n) is 0.913. The molecule has 1 atom stereocenters. The van der Waals surface area contributed by atoms with Crippen molar-refractivity contribution < 1.29 is 9.13 Å². The summed E-state index contributed by atoms with van der Waals surface area (Å²) in [7, 11) is 0. The lowest BCUT2D eigenvalue weighted by molar-refractivity contribution is 0.0763. The van der Waals surface area contributed by atoms with Gasteiger partial charge in [0.1, 0.15) is 6.17 Å². The molecule has 0 saturated carbocycles. The maximum Gasteiger partial charge on any atom is 0.121 e. The molecular formula is C10H13FO. The Labute approximate surface area is 72.2 Å². The summed E-state index contributed by atoms with van der Waals surface area (Å²) in [5.41, 5.74) is 1.08. The highest BCUT2D eigenvalue weighted by molar-refractivity contribution is 5.13. The van der Waals surface area contributed by atoms with Crippen LogP contribution in [0, 0.1) is 0 Å². The van der Waals surface area contributed by atoms with Crippen LogP contribution in [-0.4, -0.2) is 12.8 Å². The largest absolute Gasteiger partial charge is 0.374 e. The van der Waals surface area contributed by atoms with Crippen LogP contribution in [0.3, 0.4) is 0 Å². The summed E-state index contributed by atoms with van der Waals surface area (Å²) in [6, 6.07) is 9.75. The molecule has 0 aliphatic heterocycles. The molecule has 0 fully saturated rings. The molecule has 1 unspecified atom stereocenters. The van der Waals surface area contributed by atoms with Crippen molar-refractivity contribution in [1.29, 1.82) is 0 Å². The lowest BCUT2D eigenvalue weighted by Gasteiger charge is -2.03. The Morgan fingerprint density at radius 2 is 2.00 bits per heavy atom. The fraction of sp³-hybridized carbons (Fsp3) is 0.400. The summed E-state index contributed by atoms with van der Waals surface area (Å²) in [6.07, 6.45) is -0.881. The topological polar surface area (TPSA) is 9.23 Å². The van der Waals surface area contributed by atoms with Gasteiger partial charge in [-0.25, -0.2) is 4.39 Å². The van der Waals surface area contributed by atoms with Gasteiger partial charge in [-0.15, -0.1) is 0 Å². The Morgan fingerprint density at radius 3 is 2.58 bits per heavy atom. The lowest BCUT2D eigenvalue weighted by Crippen LogP contribution is -2.05. The molecule has 1 aromatic carbocycles. The first-order valence-electron chi connectivity index (χ1n) is 4.05. The third-order valence-corrected chi connectivity index (χ3v) is 1.46. The Hall–Kier alpha value is -0.890. The van der Waals surface area contributed by atoms with Crippen molar-refractivity contribution in [1.82, 2.24) is 0 Å².